The molecule has 0 saturated carbocycles. The van der Waals surface area contributed by atoms with E-state index in [2.05, 4.69) is 15.7 Å². The van der Waals surface area contributed by atoms with Gasteiger partial charge in [0, 0.05) is 41.5 Å². The molecule has 0 saturated heterocycles. The molecular formula is C19H17N5O4. The molecule has 3 aromatic rings. The van der Waals surface area contributed by atoms with E-state index in [1.165, 1.54) is 28.9 Å². The maximum atomic E-state index is 12.4. The highest BCUT2D eigenvalue weighted by atomic mass is 16.6. The predicted octanol–water partition coefficient (Wildman–Crippen LogP) is 3.24. The van der Waals surface area contributed by atoms with Crippen LogP contribution in [-0.4, -0.2) is 26.5 Å². The Labute approximate surface area is 160 Å². The van der Waals surface area contributed by atoms with Crippen molar-refractivity contribution in [2.24, 2.45) is 0 Å². The van der Waals surface area contributed by atoms with E-state index in [0.717, 1.165) is 0 Å². The molecule has 142 valence electrons. The Morgan fingerprint density at radius 2 is 1.79 bits per heavy atom. The van der Waals surface area contributed by atoms with Crippen molar-refractivity contribution in [1.29, 1.82) is 0 Å². The molecule has 2 aromatic carbocycles. The van der Waals surface area contributed by atoms with Crippen LogP contribution < -0.4 is 10.6 Å². The highest BCUT2D eigenvalue weighted by Gasteiger charge is 2.16. The van der Waals surface area contributed by atoms with Crippen LogP contribution in [0.3, 0.4) is 0 Å². The standard InChI is InChI=1S/C19H17N5O4/c1-13(23-10-4-9-20-23)18(25)21-15-6-3-7-16(12-15)22-19(26)14-5-2-8-17(11-14)24(27)28/h2-13H,1H3,(H,21,25)(H,22,26). The monoisotopic (exact) mass is 379 g/mol. The number of non-ortho nitro benzene ring substituents is 1. The lowest BCUT2D eigenvalue weighted by Crippen LogP contribution is -2.24. The van der Waals surface area contributed by atoms with Crippen LogP contribution in [0.15, 0.2) is 67.0 Å². The Morgan fingerprint density at radius 3 is 2.46 bits per heavy atom. The smallest absolute Gasteiger partial charge is 0.270 e. The second-order valence-corrected chi connectivity index (χ2v) is 5.99. The van der Waals surface area contributed by atoms with E-state index in [-0.39, 0.29) is 17.2 Å². The first-order valence-corrected chi connectivity index (χ1v) is 8.40. The number of aromatic nitrogens is 2. The maximum absolute atomic E-state index is 12.4. The zero-order valence-corrected chi connectivity index (χ0v) is 14.9. The van der Waals surface area contributed by atoms with Gasteiger partial charge in [0.15, 0.2) is 0 Å². The van der Waals surface area contributed by atoms with Gasteiger partial charge in [0.1, 0.15) is 6.04 Å². The fraction of sp³-hybridized carbons (Fsp3) is 0.105. The van der Waals surface area contributed by atoms with Crippen molar-refractivity contribution < 1.29 is 14.5 Å². The lowest BCUT2D eigenvalue weighted by molar-refractivity contribution is -0.384. The molecule has 1 atom stereocenters. The number of carbonyl (C=O) groups is 2. The van der Waals surface area contributed by atoms with Crippen molar-refractivity contribution in [3.8, 4) is 0 Å². The van der Waals surface area contributed by atoms with Gasteiger partial charge < -0.3 is 10.6 Å². The van der Waals surface area contributed by atoms with Crippen LogP contribution in [-0.2, 0) is 4.79 Å². The summed E-state index contributed by atoms with van der Waals surface area (Å²) in [6.45, 7) is 1.72. The molecule has 0 aliphatic rings. The minimum Gasteiger partial charge on any atom is -0.324 e. The fourth-order valence-corrected chi connectivity index (χ4v) is 2.52. The van der Waals surface area contributed by atoms with Crippen molar-refractivity contribution in [2.45, 2.75) is 13.0 Å². The molecule has 28 heavy (non-hydrogen) atoms. The minimum absolute atomic E-state index is 0.163. The molecule has 0 aliphatic heterocycles. The van der Waals surface area contributed by atoms with Crippen LogP contribution in [0.1, 0.15) is 23.3 Å². The lowest BCUT2D eigenvalue weighted by atomic mass is 10.2. The maximum Gasteiger partial charge on any atom is 0.270 e. The summed E-state index contributed by atoms with van der Waals surface area (Å²) >= 11 is 0. The van der Waals surface area contributed by atoms with Crippen molar-refractivity contribution in [3.63, 3.8) is 0 Å². The number of hydrogen-bond donors (Lipinski definition) is 2. The number of nitro benzene ring substituents is 1. The number of nitro groups is 1. The Hall–Kier alpha value is -4.01. The topological polar surface area (TPSA) is 119 Å². The van der Waals surface area contributed by atoms with Crippen molar-refractivity contribution in [2.75, 3.05) is 10.6 Å². The van der Waals surface area contributed by atoms with Crippen molar-refractivity contribution in [1.82, 2.24) is 9.78 Å². The summed E-state index contributed by atoms with van der Waals surface area (Å²) in [4.78, 5) is 35.0. The molecular weight excluding hydrogens is 362 g/mol. The number of rotatable bonds is 6. The van der Waals surface area contributed by atoms with Crippen LogP contribution in [0.2, 0.25) is 0 Å². The third kappa shape index (κ3) is 4.39. The van der Waals surface area contributed by atoms with Gasteiger partial charge in [0.2, 0.25) is 5.91 Å². The summed E-state index contributed by atoms with van der Waals surface area (Å²) < 4.78 is 1.53. The number of amides is 2. The first kappa shape index (κ1) is 18.8. The first-order valence-electron chi connectivity index (χ1n) is 8.40. The Bertz CT molecular complexity index is 1020. The summed E-state index contributed by atoms with van der Waals surface area (Å²) in [7, 11) is 0. The van der Waals surface area contributed by atoms with Crippen LogP contribution in [0.5, 0.6) is 0 Å². The first-order chi connectivity index (χ1) is 13.4. The molecule has 1 unspecified atom stereocenters. The van der Waals surface area contributed by atoms with Gasteiger partial charge in [0.25, 0.3) is 11.6 Å². The second kappa shape index (κ2) is 8.12. The third-order valence-corrected chi connectivity index (χ3v) is 4.01. The van der Waals surface area contributed by atoms with E-state index < -0.39 is 16.9 Å². The number of benzene rings is 2. The van der Waals surface area contributed by atoms with Crippen LogP contribution in [0.4, 0.5) is 17.1 Å². The average Bonchev–Trinajstić information content (AvgIpc) is 3.22. The highest BCUT2D eigenvalue weighted by Crippen LogP contribution is 2.19. The van der Waals surface area contributed by atoms with Crippen LogP contribution in [0.25, 0.3) is 0 Å². The largest absolute Gasteiger partial charge is 0.324 e. The zero-order chi connectivity index (χ0) is 20.1. The predicted molar refractivity (Wildman–Crippen MR) is 103 cm³/mol. The molecule has 9 heteroatoms. The van der Waals surface area contributed by atoms with Gasteiger partial charge in [-0.15, -0.1) is 0 Å². The number of carbonyl (C=O) groups excluding carboxylic acids is 2. The van der Waals surface area contributed by atoms with E-state index in [1.807, 2.05) is 0 Å². The lowest BCUT2D eigenvalue weighted by Gasteiger charge is -2.13. The Kier molecular flexibility index (Phi) is 5.45. The minimum atomic E-state index is -0.562. The van der Waals surface area contributed by atoms with Crippen molar-refractivity contribution in [3.05, 3.63) is 82.7 Å². The SMILES string of the molecule is CC(C(=O)Nc1cccc(NC(=O)c2cccc([N+](=O)[O-])c2)c1)n1cccn1. The van der Waals surface area contributed by atoms with Gasteiger partial charge in [0.05, 0.1) is 4.92 Å². The summed E-state index contributed by atoms with van der Waals surface area (Å²) in [5, 5.41) is 20.3. The average molecular weight is 379 g/mol. The fourth-order valence-electron chi connectivity index (χ4n) is 2.52. The number of anilines is 2. The molecule has 0 bridgehead atoms. The second-order valence-electron chi connectivity index (χ2n) is 5.99. The summed E-state index contributed by atoms with van der Waals surface area (Å²) in [6, 6.07) is 13.3. The molecule has 2 N–H and O–H groups in total. The van der Waals surface area contributed by atoms with Gasteiger partial charge in [-0.3, -0.25) is 24.4 Å². The van der Waals surface area contributed by atoms with E-state index >= 15 is 0 Å². The van der Waals surface area contributed by atoms with Crippen molar-refractivity contribution >= 4 is 28.9 Å². The zero-order valence-electron chi connectivity index (χ0n) is 14.9. The van der Waals surface area contributed by atoms with E-state index in [9.17, 15) is 19.7 Å². The van der Waals surface area contributed by atoms with E-state index in [4.69, 9.17) is 0 Å². The number of nitrogens with one attached hydrogen (secondary N) is 2. The van der Waals surface area contributed by atoms with E-state index in [1.54, 1.807) is 49.6 Å². The molecule has 2 amide bonds. The molecule has 3 rings (SSSR count). The summed E-state index contributed by atoms with van der Waals surface area (Å²) in [6.07, 6.45) is 3.29. The van der Waals surface area contributed by atoms with E-state index in [0.29, 0.717) is 11.4 Å². The molecule has 0 radical (unpaired) electrons. The normalized spacial score (nSPS) is 11.5. The molecule has 1 aromatic heterocycles. The van der Waals surface area contributed by atoms with Gasteiger partial charge in [-0.2, -0.15) is 5.10 Å². The van der Waals surface area contributed by atoms with Gasteiger partial charge in [-0.05, 0) is 37.3 Å². The van der Waals surface area contributed by atoms with Gasteiger partial charge in [-0.1, -0.05) is 12.1 Å². The number of hydrogen-bond acceptors (Lipinski definition) is 5. The third-order valence-electron chi connectivity index (χ3n) is 4.01. The van der Waals surface area contributed by atoms with Crippen LogP contribution >= 0.6 is 0 Å². The molecule has 1 heterocycles. The quantitative estimate of drug-likeness (QED) is 0.503. The summed E-state index contributed by atoms with van der Waals surface area (Å²) in [5.41, 5.74) is 0.944. The molecule has 9 nitrogen and oxygen atoms in total. The van der Waals surface area contributed by atoms with Gasteiger partial charge >= 0.3 is 0 Å². The Morgan fingerprint density at radius 1 is 1.07 bits per heavy atom. The molecule has 0 spiro atoms. The molecule has 0 fully saturated rings. The summed E-state index contributed by atoms with van der Waals surface area (Å²) in [5.74, 6) is -0.747. The number of nitrogens with zero attached hydrogens (tertiary/aromatic N) is 3. The Balaban J connectivity index is 1.69. The van der Waals surface area contributed by atoms with Crippen LogP contribution in [0, 0.1) is 10.1 Å². The van der Waals surface area contributed by atoms with Gasteiger partial charge in [-0.25, -0.2) is 0 Å². The molecule has 0 aliphatic carbocycles. The highest BCUT2D eigenvalue weighted by molar-refractivity contribution is 6.05.